The van der Waals surface area contributed by atoms with Crippen LogP contribution in [-0.4, -0.2) is 0 Å². The highest BCUT2D eigenvalue weighted by Crippen LogP contribution is 2.43. The monoisotopic (exact) mass is 679 g/mol. The van der Waals surface area contributed by atoms with Gasteiger partial charge in [-0.05, 0) is 103 Å². The van der Waals surface area contributed by atoms with E-state index >= 15 is 0 Å². The van der Waals surface area contributed by atoms with Gasteiger partial charge < -0.3 is 4.90 Å². The van der Waals surface area contributed by atoms with Crippen LogP contribution in [0, 0.1) is 0 Å². The second-order valence-corrected chi connectivity index (χ2v) is 14.4. The smallest absolute Gasteiger partial charge is 0.0467 e. The average Bonchev–Trinajstić information content (AvgIpc) is 3.61. The minimum atomic E-state index is 1.11. The summed E-state index contributed by atoms with van der Waals surface area (Å²) >= 11 is 1.88. The normalized spacial score (nSPS) is 11.5. The van der Waals surface area contributed by atoms with Gasteiger partial charge in [-0.15, -0.1) is 11.3 Å². The summed E-state index contributed by atoms with van der Waals surface area (Å²) in [5.41, 5.74) is 10.7. The van der Waals surface area contributed by atoms with Crippen LogP contribution in [0.4, 0.5) is 17.1 Å². The van der Waals surface area contributed by atoms with Crippen LogP contribution in [0.3, 0.4) is 0 Å². The van der Waals surface area contributed by atoms with Crippen LogP contribution in [0.1, 0.15) is 0 Å². The molecule has 0 N–H and O–H groups in total. The molecule has 0 atom stereocenters. The van der Waals surface area contributed by atoms with Crippen molar-refractivity contribution in [2.24, 2.45) is 0 Å². The highest BCUT2D eigenvalue weighted by atomic mass is 32.1. The highest BCUT2D eigenvalue weighted by Gasteiger charge is 2.16. The third-order valence-corrected chi connectivity index (χ3v) is 11.5. The number of fused-ring (bicyclic) bond motifs is 6. The van der Waals surface area contributed by atoms with Crippen molar-refractivity contribution in [1.29, 1.82) is 0 Å². The van der Waals surface area contributed by atoms with Crippen LogP contribution in [-0.2, 0) is 0 Å². The average molecular weight is 680 g/mol. The third-order valence-electron chi connectivity index (χ3n) is 10.3. The fourth-order valence-electron chi connectivity index (χ4n) is 7.75. The molecule has 0 aliphatic heterocycles. The molecule has 10 rings (SSSR count). The second kappa shape index (κ2) is 12.7. The number of rotatable bonds is 6. The van der Waals surface area contributed by atoms with E-state index in [-0.39, 0.29) is 0 Å². The zero-order chi connectivity index (χ0) is 34.4. The molecule has 0 spiro atoms. The Labute approximate surface area is 307 Å². The van der Waals surface area contributed by atoms with Gasteiger partial charge in [0.05, 0.1) is 0 Å². The molecule has 0 aliphatic carbocycles. The first kappa shape index (κ1) is 30.4. The first-order chi connectivity index (χ1) is 25.8. The van der Waals surface area contributed by atoms with E-state index in [1.54, 1.807) is 0 Å². The lowest BCUT2D eigenvalue weighted by Crippen LogP contribution is -2.10. The minimum absolute atomic E-state index is 1.11. The molecule has 0 saturated carbocycles. The molecule has 2 heteroatoms. The van der Waals surface area contributed by atoms with Crippen molar-refractivity contribution in [2.75, 3.05) is 4.90 Å². The SMILES string of the molecule is c1ccc(-c2cccc(N(c3ccc(-c4cc5ccccc5c5ccccc45)cc3)c3ccc(-c4cccc5c4sc4ccccc45)cc3)c2)cc1. The van der Waals surface area contributed by atoms with Gasteiger partial charge in [-0.25, -0.2) is 0 Å². The van der Waals surface area contributed by atoms with Gasteiger partial charge >= 0.3 is 0 Å². The fourth-order valence-corrected chi connectivity index (χ4v) is 8.99. The lowest BCUT2D eigenvalue weighted by atomic mass is 9.93. The Morgan fingerprint density at radius 1 is 0.308 bits per heavy atom. The van der Waals surface area contributed by atoms with Crippen LogP contribution in [0.2, 0.25) is 0 Å². The molecular formula is C50H33NS. The quantitative estimate of drug-likeness (QED) is 0.158. The van der Waals surface area contributed by atoms with Crippen molar-refractivity contribution in [3.05, 3.63) is 200 Å². The molecule has 10 aromatic rings. The Balaban J connectivity index is 1.09. The van der Waals surface area contributed by atoms with Gasteiger partial charge in [-0.1, -0.05) is 152 Å². The Hall–Kier alpha value is -6.48. The summed E-state index contributed by atoms with van der Waals surface area (Å²) in [4.78, 5) is 2.37. The number of hydrogen-bond acceptors (Lipinski definition) is 2. The number of thiophene rings is 1. The maximum absolute atomic E-state index is 2.37. The Bertz CT molecular complexity index is 2890. The minimum Gasteiger partial charge on any atom is -0.310 e. The first-order valence-corrected chi connectivity index (χ1v) is 18.6. The van der Waals surface area contributed by atoms with Crippen LogP contribution in [0.15, 0.2) is 200 Å². The Kier molecular flexibility index (Phi) is 7.41. The molecule has 1 heterocycles. The van der Waals surface area contributed by atoms with Gasteiger partial charge in [0.1, 0.15) is 0 Å². The third kappa shape index (κ3) is 5.24. The van der Waals surface area contributed by atoms with E-state index in [0.717, 1.165) is 17.1 Å². The fraction of sp³-hybridized carbons (Fsp3) is 0. The Morgan fingerprint density at radius 2 is 0.885 bits per heavy atom. The molecular weight excluding hydrogens is 647 g/mol. The van der Waals surface area contributed by atoms with Gasteiger partial charge in [0.25, 0.3) is 0 Å². The standard InChI is InChI=1S/C50H33NS/c1-2-12-34(13-3-1)37-15-10-16-41(32-37)51(39-28-24-35(25-29-39)43-21-11-22-47-46-20-8-9-23-49(46)52-50(43)47)40-30-26-36(27-31-40)48-33-38-14-4-5-17-42(38)44-18-6-7-19-45(44)48/h1-33H. The van der Waals surface area contributed by atoms with E-state index in [2.05, 4.69) is 205 Å². The Morgan fingerprint density at radius 3 is 1.65 bits per heavy atom. The van der Waals surface area contributed by atoms with Gasteiger partial charge in [0, 0.05) is 37.2 Å². The molecule has 1 aromatic heterocycles. The highest BCUT2D eigenvalue weighted by molar-refractivity contribution is 7.26. The van der Waals surface area contributed by atoms with Crippen LogP contribution >= 0.6 is 11.3 Å². The maximum Gasteiger partial charge on any atom is 0.0467 e. The number of benzene rings is 9. The molecule has 52 heavy (non-hydrogen) atoms. The summed E-state index contributed by atoms with van der Waals surface area (Å²) in [5, 5.41) is 7.74. The second-order valence-electron chi connectivity index (χ2n) is 13.3. The number of anilines is 3. The lowest BCUT2D eigenvalue weighted by molar-refractivity contribution is 1.28. The van der Waals surface area contributed by atoms with Crippen molar-refractivity contribution in [2.45, 2.75) is 0 Å². The maximum atomic E-state index is 2.37. The summed E-state index contributed by atoms with van der Waals surface area (Å²) in [7, 11) is 0. The topological polar surface area (TPSA) is 3.24 Å². The van der Waals surface area contributed by atoms with Crippen molar-refractivity contribution in [3.8, 4) is 33.4 Å². The van der Waals surface area contributed by atoms with Crippen molar-refractivity contribution in [3.63, 3.8) is 0 Å². The van der Waals surface area contributed by atoms with Crippen molar-refractivity contribution < 1.29 is 0 Å². The van der Waals surface area contributed by atoms with Crippen LogP contribution in [0.25, 0.3) is 75.1 Å². The predicted octanol–water partition coefficient (Wildman–Crippen LogP) is 14.8. The molecule has 0 saturated heterocycles. The first-order valence-electron chi connectivity index (χ1n) is 17.8. The molecule has 1 nitrogen and oxygen atoms in total. The molecule has 0 fully saturated rings. The van der Waals surface area contributed by atoms with E-state index in [0.29, 0.717) is 0 Å². The molecule has 9 aromatic carbocycles. The van der Waals surface area contributed by atoms with E-state index in [4.69, 9.17) is 0 Å². The van der Waals surface area contributed by atoms with Gasteiger partial charge in [-0.3, -0.25) is 0 Å². The van der Waals surface area contributed by atoms with E-state index in [1.165, 1.54) is 75.1 Å². The molecule has 0 amide bonds. The number of nitrogens with zero attached hydrogens (tertiary/aromatic N) is 1. The molecule has 0 aliphatic rings. The lowest BCUT2D eigenvalue weighted by Gasteiger charge is -2.26. The largest absolute Gasteiger partial charge is 0.310 e. The summed E-state index contributed by atoms with van der Waals surface area (Å²) in [6.07, 6.45) is 0. The summed E-state index contributed by atoms with van der Waals surface area (Å²) in [5.74, 6) is 0. The van der Waals surface area contributed by atoms with Crippen LogP contribution in [0.5, 0.6) is 0 Å². The van der Waals surface area contributed by atoms with Crippen molar-refractivity contribution >= 4 is 70.1 Å². The van der Waals surface area contributed by atoms with E-state index < -0.39 is 0 Å². The van der Waals surface area contributed by atoms with Gasteiger partial charge in [-0.2, -0.15) is 0 Å². The molecule has 0 unspecified atom stereocenters. The zero-order valence-corrected chi connectivity index (χ0v) is 29.2. The molecule has 244 valence electrons. The summed E-state index contributed by atoms with van der Waals surface area (Å²) < 4.78 is 2.66. The summed E-state index contributed by atoms with van der Waals surface area (Å²) in [6, 6.07) is 72.8. The molecule has 0 radical (unpaired) electrons. The van der Waals surface area contributed by atoms with E-state index in [1.807, 2.05) is 11.3 Å². The number of hydrogen-bond donors (Lipinski definition) is 0. The van der Waals surface area contributed by atoms with E-state index in [9.17, 15) is 0 Å². The van der Waals surface area contributed by atoms with Crippen LogP contribution < -0.4 is 4.90 Å². The van der Waals surface area contributed by atoms with Crippen molar-refractivity contribution in [1.82, 2.24) is 0 Å². The zero-order valence-electron chi connectivity index (χ0n) is 28.4. The van der Waals surface area contributed by atoms with Gasteiger partial charge in [0.15, 0.2) is 0 Å². The summed E-state index contributed by atoms with van der Waals surface area (Å²) in [6.45, 7) is 0. The van der Waals surface area contributed by atoms with Gasteiger partial charge in [0.2, 0.25) is 0 Å². The molecule has 0 bridgehead atoms. The predicted molar refractivity (Wildman–Crippen MR) is 225 cm³/mol.